The highest BCUT2D eigenvalue weighted by Crippen LogP contribution is 2.36. The van der Waals surface area contributed by atoms with Gasteiger partial charge in [-0.1, -0.05) is 47.6 Å². The number of ether oxygens (including phenoxy) is 2. The lowest BCUT2D eigenvalue weighted by Gasteiger charge is -2.13. The van der Waals surface area contributed by atoms with Crippen LogP contribution in [-0.4, -0.2) is 7.11 Å². The van der Waals surface area contributed by atoms with Crippen molar-refractivity contribution in [3.63, 3.8) is 0 Å². The standard InChI is InChI=1S/C23H19NO5/c1-14(24-26)16-8-9-17-18-11-21(27-2)22(28-13-15-6-4-3-5-7-15)12-20(18)29-23(25)19(17)10-16/h3-12,14H,13H2,1-2H3. The maximum absolute atomic E-state index is 12.6. The monoisotopic (exact) mass is 389 g/mol. The minimum absolute atomic E-state index is 0.362. The highest BCUT2D eigenvalue weighted by atomic mass is 16.5. The van der Waals surface area contributed by atoms with E-state index in [9.17, 15) is 9.70 Å². The van der Waals surface area contributed by atoms with Crippen molar-refractivity contribution < 1.29 is 13.9 Å². The lowest BCUT2D eigenvalue weighted by Crippen LogP contribution is -2.03. The lowest BCUT2D eigenvalue weighted by atomic mass is 10.0. The molecule has 4 aromatic rings. The van der Waals surface area contributed by atoms with E-state index in [1.54, 1.807) is 44.4 Å². The summed E-state index contributed by atoms with van der Waals surface area (Å²) in [5.74, 6) is 1.03. The van der Waals surface area contributed by atoms with Gasteiger partial charge in [0.05, 0.1) is 12.5 Å². The minimum Gasteiger partial charge on any atom is -0.493 e. The fraction of sp³-hybridized carbons (Fsp3) is 0.174. The number of hydrogen-bond acceptors (Lipinski definition) is 6. The third-order valence-corrected chi connectivity index (χ3v) is 4.90. The van der Waals surface area contributed by atoms with Gasteiger partial charge in [0, 0.05) is 16.8 Å². The fourth-order valence-corrected chi connectivity index (χ4v) is 3.29. The maximum Gasteiger partial charge on any atom is 0.344 e. The molecule has 0 radical (unpaired) electrons. The second-order valence-corrected chi connectivity index (χ2v) is 6.75. The van der Waals surface area contributed by atoms with Crippen LogP contribution >= 0.6 is 0 Å². The van der Waals surface area contributed by atoms with Crippen molar-refractivity contribution in [1.82, 2.24) is 0 Å². The van der Waals surface area contributed by atoms with Gasteiger partial charge in [-0.3, -0.25) is 0 Å². The topological polar surface area (TPSA) is 78.1 Å². The molecule has 1 aromatic heterocycles. The normalized spacial score (nSPS) is 12.1. The van der Waals surface area contributed by atoms with Crippen LogP contribution in [-0.2, 0) is 6.61 Å². The van der Waals surface area contributed by atoms with Crippen LogP contribution in [0.1, 0.15) is 24.1 Å². The Bertz CT molecular complexity index is 1250. The summed E-state index contributed by atoms with van der Waals surface area (Å²) in [5, 5.41) is 4.85. The first kappa shape index (κ1) is 18.7. The van der Waals surface area contributed by atoms with Gasteiger partial charge in [0.1, 0.15) is 18.2 Å². The van der Waals surface area contributed by atoms with Crippen molar-refractivity contribution in [2.24, 2.45) is 5.18 Å². The van der Waals surface area contributed by atoms with Crippen LogP contribution in [0.4, 0.5) is 0 Å². The van der Waals surface area contributed by atoms with Gasteiger partial charge in [-0.2, -0.15) is 4.91 Å². The molecule has 0 fully saturated rings. The van der Waals surface area contributed by atoms with Gasteiger partial charge in [0.15, 0.2) is 11.5 Å². The Kier molecular flexibility index (Phi) is 4.99. The van der Waals surface area contributed by atoms with E-state index in [4.69, 9.17) is 13.9 Å². The van der Waals surface area contributed by atoms with Crippen molar-refractivity contribution >= 4 is 21.7 Å². The molecule has 6 heteroatoms. The molecule has 29 heavy (non-hydrogen) atoms. The third kappa shape index (κ3) is 3.57. The van der Waals surface area contributed by atoms with E-state index in [-0.39, 0.29) is 0 Å². The van der Waals surface area contributed by atoms with E-state index in [2.05, 4.69) is 5.18 Å². The Morgan fingerprint density at radius 1 is 0.966 bits per heavy atom. The number of fused-ring (bicyclic) bond motifs is 3. The van der Waals surface area contributed by atoms with Crippen LogP contribution in [0, 0.1) is 4.91 Å². The van der Waals surface area contributed by atoms with E-state index < -0.39 is 11.7 Å². The Labute approximate surface area is 166 Å². The average Bonchev–Trinajstić information content (AvgIpc) is 2.77. The molecule has 0 aliphatic heterocycles. The fourth-order valence-electron chi connectivity index (χ4n) is 3.29. The van der Waals surface area contributed by atoms with Crippen LogP contribution in [0.5, 0.6) is 11.5 Å². The molecule has 3 aromatic carbocycles. The summed E-state index contributed by atoms with van der Waals surface area (Å²) in [6, 6.07) is 17.9. The summed E-state index contributed by atoms with van der Waals surface area (Å²) in [5.41, 5.74) is 1.60. The third-order valence-electron chi connectivity index (χ3n) is 4.90. The number of rotatable bonds is 6. The molecule has 1 heterocycles. The molecule has 4 rings (SSSR count). The molecule has 1 atom stereocenters. The molecule has 6 nitrogen and oxygen atoms in total. The minimum atomic E-state index is -0.544. The van der Waals surface area contributed by atoms with Crippen LogP contribution in [0.15, 0.2) is 75.1 Å². The van der Waals surface area contributed by atoms with Gasteiger partial charge in [-0.05, 0) is 30.2 Å². The molecule has 0 bridgehead atoms. The maximum atomic E-state index is 12.6. The molecular weight excluding hydrogens is 370 g/mol. The molecule has 0 saturated carbocycles. The van der Waals surface area contributed by atoms with Gasteiger partial charge >= 0.3 is 5.63 Å². The first-order chi connectivity index (χ1) is 14.1. The SMILES string of the molecule is COc1cc2c(cc1OCc1ccccc1)oc(=O)c1cc(C(C)N=O)ccc12. The second kappa shape index (κ2) is 7.75. The Morgan fingerprint density at radius 3 is 2.48 bits per heavy atom. The number of nitrogens with zero attached hydrogens (tertiary/aromatic N) is 1. The first-order valence-corrected chi connectivity index (χ1v) is 9.18. The van der Waals surface area contributed by atoms with Crippen LogP contribution in [0.25, 0.3) is 21.7 Å². The highest BCUT2D eigenvalue weighted by molar-refractivity contribution is 6.05. The second-order valence-electron chi connectivity index (χ2n) is 6.75. The van der Waals surface area contributed by atoms with Gasteiger partial charge in [-0.15, -0.1) is 0 Å². The van der Waals surface area contributed by atoms with Crippen LogP contribution < -0.4 is 15.1 Å². The number of benzene rings is 3. The summed E-state index contributed by atoms with van der Waals surface area (Å²) in [6.07, 6.45) is 0. The predicted octanol–water partition coefficient (Wildman–Crippen LogP) is 5.36. The Balaban J connectivity index is 1.81. The first-order valence-electron chi connectivity index (χ1n) is 9.18. The van der Waals surface area contributed by atoms with Crippen molar-refractivity contribution in [3.05, 3.63) is 87.1 Å². The molecule has 0 N–H and O–H groups in total. The predicted molar refractivity (Wildman–Crippen MR) is 112 cm³/mol. The summed E-state index contributed by atoms with van der Waals surface area (Å²) in [4.78, 5) is 23.4. The zero-order valence-electron chi connectivity index (χ0n) is 16.0. The van der Waals surface area contributed by atoms with Gasteiger partial charge < -0.3 is 13.9 Å². The van der Waals surface area contributed by atoms with Crippen LogP contribution in [0.3, 0.4) is 0 Å². The smallest absolute Gasteiger partial charge is 0.344 e. The molecule has 0 spiro atoms. The quantitative estimate of drug-likeness (QED) is 0.252. The molecule has 1 unspecified atom stereocenters. The summed E-state index contributed by atoms with van der Waals surface area (Å²) in [7, 11) is 1.56. The van der Waals surface area contributed by atoms with Crippen molar-refractivity contribution in [3.8, 4) is 11.5 Å². The van der Waals surface area contributed by atoms with E-state index in [1.807, 2.05) is 30.3 Å². The van der Waals surface area contributed by atoms with Gasteiger partial charge in [-0.25, -0.2) is 4.79 Å². The number of methoxy groups -OCH3 is 1. The zero-order chi connectivity index (χ0) is 20.4. The van der Waals surface area contributed by atoms with Crippen molar-refractivity contribution in [2.75, 3.05) is 7.11 Å². The van der Waals surface area contributed by atoms with E-state index in [0.717, 1.165) is 10.9 Å². The van der Waals surface area contributed by atoms with E-state index >= 15 is 0 Å². The molecule has 0 aliphatic rings. The molecule has 0 amide bonds. The number of nitroso groups, excluding NO2 is 1. The van der Waals surface area contributed by atoms with Gasteiger partial charge in [0.25, 0.3) is 0 Å². The average molecular weight is 389 g/mol. The highest BCUT2D eigenvalue weighted by Gasteiger charge is 2.15. The summed E-state index contributed by atoms with van der Waals surface area (Å²) < 4.78 is 16.9. The van der Waals surface area contributed by atoms with Crippen LogP contribution in [0.2, 0.25) is 0 Å². The number of hydrogen-bond donors (Lipinski definition) is 0. The Hall–Kier alpha value is -3.67. The lowest BCUT2D eigenvalue weighted by molar-refractivity contribution is 0.284. The largest absolute Gasteiger partial charge is 0.493 e. The summed E-state index contributed by atoms with van der Waals surface area (Å²) >= 11 is 0. The van der Waals surface area contributed by atoms with Crippen molar-refractivity contribution in [1.29, 1.82) is 0 Å². The Morgan fingerprint density at radius 2 is 1.76 bits per heavy atom. The zero-order valence-corrected chi connectivity index (χ0v) is 16.0. The molecular formula is C23H19NO5. The van der Waals surface area contributed by atoms with Crippen molar-refractivity contribution in [2.45, 2.75) is 19.6 Å². The molecule has 0 saturated heterocycles. The summed E-state index contributed by atoms with van der Waals surface area (Å²) in [6.45, 7) is 2.04. The van der Waals surface area contributed by atoms with E-state index in [1.165, 1.54) is 0 Å². The molecule has 146 valence electrons. The van der Waals surface area contributed by atoms with E-state index in [0.29, 0.717) is 40.0 Å². The molecule has 0 aliphatic carbocycles. The van der Waals surface area contributed by atoms with Gasteiger partial charge in [0.2, 0.25) is 0 Å².